The van der Waals surface area contributed by atoms with Gasteiger partial charge in [-0.25, -0.2) is 4.98 Å². The van der Waals surface area contributed by atoms with Gasteiger partial charge < -0.3 is 20.1 Å². The predicted molar refractivity (Wildman–Crippen MR) is 118 cm³/mol. The highest BCUT2D eigenvalue weighted by atomic mass is 16.5. The van der Waals surface area contributed by atoms with Crippen LogP contribution in [-0.4, -0.2) is 77.4 Å². The molecule has 0 bridgehead atoms. The minimum absolute atomic E-state index is 0.183. The molecule has 31 heavy (non-hydrogen) atoms. The van der Waals surface area contributed by atoms with E-state index in [4.69, 9.17) is 4.74 Å². The Kier molecular flexibility index (Phi) is 6.99. The summed E-state index contributed by atoms with van der Waals surface area (Å²) in [5.41, 5.74) is -0.473. The molecule has 2 aliphatic heterocycles. The van der Waals surface area contributed by atoms with E-state index in [9.17, 15) is 9.90 Å². The standard InChI is InChI=1S/C23H31N5O3/c29-22(19-5-3-6-20(15-19)31-14-13-27-10-1-2-11-27)26-17-23(30)7-4-12-28(18-23)21-16-24-8-9-25-21/h3,5-6,8-9,15-16,30H,1-2,4,7,10-14,17-18H2,(H,26,29)/t23-/m1/s1. The van der Waals surface area contributed by atoms with Crippen LogP contribution in [0.4, 0.5) is 5.82 Å². The lowest BCUT2D eigenvalue weighted by molar-refractivity contribution is 0.0254. The summed E-state index contributed by atoms with van der Waals surface area (Å²) in [6.45, 7) is 5.21. The zero-order valence-corrected chi connectivity index (χ0v) is 17.9. The van der Waals surface area contributed by atoms with Crippen LogP contribution < -0.4 is 15.0 Å². The number of nitrogens with zero attached hydrogens (tertiary/aromatic N) is 4. The Bertz CT molecular complexity index is 859. The van der Waals surface area contributed by atoms with E-state index in [1.54, 1.807) is 30.7 Å². The molecule has 1 aromatic carbocycles. The molecule has 2 saturated heterocycles. The molecular weight excluding hydrogens is 394 g/mol. The van der Waals surface area contributed by atoms with Gasteiger partial charge in [-0.05, 0) is 57.0 Å². The van der Waals surface area contributed by atoms with Crippen LogP contribution in [0.15, 0.2) is 42.9 Å². The van der Waals surface area contributed by atoms with Gasteiger partial charge in [-0.3, -0.25) is 14.7 Å². The van der Waals surface area contributed by atoms with E-state index in [1.807, 2.05) is 17.0 Å². The maximum absolute atomic E-state index is 12.7. The maximum atomic E-state index is 12.7. The van der Waals surface area contributed by atoms with E-state index in [0.29, 0.717) is 30.9 Å². The fraction of sp³-hybridized carbons (Fsp3) is 0.522. The summed E-state index contributed by atoms with van der Waals surface area (Å²) in [5, 5.41) is 13.9. The average molecular weight is 426 g/mol. The number of piperidine rings is 1. The van der Waals surface area contributed by atoms with Crippen LogP contribution in [0.1, 0.15) is 36.0 Å². The van der Waals surface area contributed by atoms with E-state index >= 15 is 0 Å². The van der Waals surface area contributed by atoms with Crippen LogP contribution in [0.25, 0.3) is 0 Å². The van der Waals surface area contributed by atoms with Crippen molar-refractivity contribution >= 4 is 11.7 Å². The molecule has 4 rings (SSSR count). The Morgan fingerprint density at radius 2 is 2.06 bits per heavy atom. The van der Waals surface area contributed by atoms with Gasteiger partial charge in [0.1, 0.15) is 18.2 Å². The first-order valence-electron chi connectivity index (χ1n) is 11.1. The highest BCUT2D eigenvalue weighted by Crippen LogP contribution is 2.24. The minimum Gasteiger partial charge on any atom is -0.492 e. The number of carbonyl (C=O) groups is 1. The van der Waals surface area contributed by atoms with Gasteiger partial charge in [-0.15, -0.1) is 0 Å². The molecule has 1 aromatic heterocycles. The molecular formula is C23H31N5O3. The number of ether oxygens (including phenoxy) is 1. The van der Waals surface area contributed by atoms with E-state index in [2.05, 4.69) is 20.2 Å². The van der Waals surface area contributed by atoms with Gasteiger partial charge in [0, 0.05) is 44.1 Å². The molecule has 3 heterocycles. The molecule has 0 radical (unpaired) electrons. The Labute approximate surface area is 183 Å². The fourth-order valence-corrected chi connectivity index (χ4v) is 4.28. The van der Waals surface area contributed by atoms with Gasteiger partial charge in [0.25, 0.3) is 5.91 Å². The normalized spacial score (nSPS) is 21.8. The molecule has 2 fully saturated rings. The molecule has 2 aromatic rings. The maximum Gasteiger partial charge on any atom is 0.251 e. The van der Waals surface area contributed by atoms with Gasteiger partial charge in [0.05, 0.1) is 11.8 Å². The summed E-state index contributed by atoms with van der Waals surface area (Å²) < 4.78 is 5.85. The number of hydrogen-bond donors (Lipinski definition) is 2. The summed E-state index contributed by atoms with van der Waals surface area (Å²) in [5.74, 6) is 1.22. The molecule has 1 amide bonds. The number of anilines is 1. The SMILES string of the molecule is O=C(NC[C@]1(O)CCCN(c2cnccn2)C1)c1cccc(OCCN2CCCC2)c1. The number of likely N-dealkylation sites (tertiary alicyclic amines) is 1. The molecule has 8 heteroatoms. The van der Waals surface area contributed by atoms with Gasteiger partial charge in [-0.2, -0.15) is 0 Å². The number of hydrogen-bond acceptors (Lipinski definition) is 7. The molecule has 2 N–H and O–H groups in total. The fourth-order valence-electron chi connectivity index (χ4n) is 4.28. The van der Waals surface area contributed by atoms with Crippen LogP contribution in [-0.2, 0) is 0 Å². The quantitative estimate of drug-likeness (QED) is 0.665. The number of benzene rings is 1. The lowest BCUT2D eigenvalue weighted by Gasteiger charge is -2.39. The number of aromatic nitrogens is 2. The van der Waals surface area contributed by atoms with Crippen LogP contribution in [0.2, 0.25) is 0 Å². The highest BCUT2D eigenvalue weighted by Gasteiger charge is 2.34. The van der Waals surface area contributed by atoms with E-state index < -0.39 is 5.60 Å². The summed E-state index contributed by atoms with van der Waals surface area (Å²) >= 11 is 0. The number of aliphatic hydroxyl groups is 1. The molecule has 0 spiro atoms. The number of amides is 1. The van der Waals surface area contributed by atoms with Crippen LogP contribution in [0.5, 0.6) is 5.75 Å². The largest absolute Gasteiger partial charge is 0.492 e. The lowest BCUT2D eigenvalue weighted by atomic mass is 9.92. The minimum atomic E-state index is -1.00. The van der Waals surface area contributed by atoms with Crippen LogP contribution >= 0.6 is 0 Å². The summed E-state index contributed by atoms with van der Waals surface area (Å²) in [6, 6.07) is 7.22. The Morgan fingerprint density at radius 3 is 2.87 bits per heavy atom. The second-order valence-corrected chi connectivity index (χ2v) is 8.42. The number of β-amino-alcohol motifs (C(OH)–C–C–N with tert-alkyl or cyclic N) is 1. The van der Waals surface area contributed by atoms with Gasteiger partial charge in [0.15, 0.2) is 0 Å². The first-order valence-corrected chi connectivity index (χ1v) is 11.1. The first kappa shape index (κ1) is 21.5. The van der Waals surface area contributed by atoms with E-state index in [-0.39, 0.29) is 12.5 Å². The Balaban J connectivity index is 1.28. The summed E-state index contributed by atoms with van der Waals surface area (Å²) in [4.78, 5) is 25.5. The topological polar surface area (TPSA) is 90.8 Å². The van der Waals surface area contributed by atoms with Crippen molar-refractivity contribution in [3.8, 4) is 5.75 Å². The molecule has 0 unspecified atom stereocenters. The third-order valence-corrected chi connectivity index (χ3v) is 5.98. The monoisotopic (exact) mass is 425 g/mol. The third kappa shape index (κ3) is 5.92. The average Bonchev–Trinajstić information content (AvgIpc) is 3.32. The molecule has 8 nitrogen and oxygen atoms in total. The van der Waals surface area contributed by atoms with Gasteiger partial charge in [-0.1, -0.05) is 6.07 Å². The van der Waals surface area contributed by atoms with E-state index in [1.165, 1.54) is 12.8 Å². The first-order chi connectivity index (χ1) is 15.1. The molecule has 0 saturated carbocycles. The molecule has 166 valence electrons. The predicted octanol–water partition coefficient (Wildman–Crippen LogP) is 1.71. The number of carbonyl (C=O) groups excluding carboxylic acids is 1. The second kappa shape index (κ2) is 10.1. The van der Waals surface area contributed by atoms with Crippen molar-refractivity contribution < 1.29 is 14.6 Å². The second-order valence-electron chi connectivity index (χ2n) is 8.42. The lowest BCUT2D eigenvalue weighted by Crippen LogP contribution is -2.54. The Hall–Kier alpha value is -2.71. The summed E-state index contributed by atoms with van der Waals surface area (Å²) in [6.07, 6.45) is 8.94. The zero-order valence-electron chi connectivity index (χ0n) is 17.9. The van der Waals surface area contributed by atoms with Crippen molar-refractivity contribution in [1.82, 2.24) is 20.2 Å². The van der Waals surface area contributed by atoms with E-state index in [0.717, 1.165) is 38.4 Å². The highest BCUT2D eigenvalue weighted by molar-refractivity contribution is 5.94. The van der Waals surface area contributed by atoms with Crippen LogP contribution in [0.3, 0.4) is 0 Å². The Morgan fingerprint density at radius 1 is 1.19 bits per heavy atom. The van der Waals surface area contributed by atoms with Crippen molar-refractivity contribution in [1.29, 1.82) is 0 Å². The van der Waals surface area contributed by atoms with Gasteiger partial charge >= 0.3 is 0 Å². The number of rotatable bonds is 8. The zero-order chi connectivity index (χ0) is 21.5. The smallest absolute Gasteiger partial charge is 0.251 e. The number of nitrogens with one attached hydrogen (secondary N) is 1. The van der Waals surface area contributed by atoms with Crippen molar-refractivity contribution in [2.75, 3.05) is 50.8 Å². The summed E-state index contributed by atoms with van der Waals surface area (Å²) in [7, 11) is 0. The molecule has 1 atom stereocenters. The third-order valence-electron chi connectivity index (χ3n) is 5.98. The molecule has 2 aliphatic rings. The van der Waals surface area contributed by atoms with Crippen molar-refractivity contribution in [3.63, 3.8) is 0 Å². The van der Waals surface area contributed by atoms with Gasteiger partial charge in [0.2, 0.25) is 0 Å². The van der Waals surface area contributed by atoms with Crippen molar-refractivity contribution in [2.45, 2.75) is 31.3 Å². The van der Waals surface area contributed by atoms with Crippen molar-refractivity contribution in [2.24, 2.45) is 0 Å². The molecule has 0 aliphatic carbocycles. The van der Waals surface area contributed by atoms with Crippen molar-refractivity contribution in [3.05, 3.63) is 48.4 Å². The van der Waals surface area contributed by atoms with Crippen LogP contribution in [0, 0.1) is 0 Å².